The fourth-order valence-electron chi connectivity index (χ4n) is 1.88. The highest BCUT2D eigenvalue weighted by Crippen LogP contribution is 2.23. The summed E-state index contributed by atoms with van der Waals surface area (Å²) in [6.07, 6.45) is 1.22. The lowest BCUT2D eigenvalue weighted by molar-refractivity contribution is 0.215. The summed E-state index contributed by atoms with van der Waals surface area (Å²) in [5, 5.41) is 3.27. The van der Waals surface area contributed by atoms with Crippen molar-refractivity contribution < 1.29 is 4.74 Å². The maximum absolute atomic E-state index is 6.02. The van der Waals surface area contributed by atoms with Crippen LogP contribution in [0.5, 0.6) is 5.75 Å². The number of hydrogen-bond donors (Lipinski definition) is 1. The summed E-state index contributed by atoms with van der Waals surface area (Å²) in [5.74, 6) is 1.84. The maximum Gasteiger partial charge on any atom is 0.193 e. The van der Waals surface area contributed by atoms with E-state index in [0.717, 1.165) is 30.2 Å². The van der Waals surface area contributed by atoms with Crippen LogP contribution >= 0.6 is 0 Å². The molecule has 1 unspecified atom stereocenters. The Kier molecular flexibility index (Phi) is 7.06. The van der Waals surface area contributed by atoms with Crippen molar-refractivity contribution >= 4 is 5.96 Å². The summed E-state index contributed by atoms with van der Waals surface area (Å²) >= 11 is 0. The monoisotopic (exact) mass is 291 g/mol. The van der Waals surface area contributed by atoms with Gasteiger partial charge >= 0.3 is 0 Å². The van der Waals surface area contributed by atoms with E-state index in [2.05, 4.69) is 56.2 Å². The van der Waals surface area contributed by atoms with Crippen molar-refractivity contribution in [2.24, 2.45) is 4.99 Å². The second-order valence-corrected chi connectivity index (χ2v) is 5.51. The smallest absolute Gasteiger partial charge is 0.193 e. The van der Waals surface area contributed by atoms with Gasteiger partial charge in [-0.2, -0.15) is 0 Å². The van der Waals surface area contributed by atoms with Gasteiger partial charge in [-0.1, -0.05) is 19.1 Å². The third-order valence-corrected chi connectivity index (χ3v) is 3.28. The van der Waals surface area contributed by atoms with Crippen LogP contribution in [0.25, 0.3) is 0 Å². The lowest BCUT2D eigenvalue weighted by Crippen LogP contribution is -2.36. The Morgan fingerprint density at radius 3 is 2.62 bits per heavy atom. The number of benzene rings is 1. The van der Waals surface area contributed by atoms with Crippen LogP contribution in [-0.2, 0) is 6.54 Å². The van der Waals surface area contributed by atoms with Gasteiger partial charge in [0.05, 0.1) is 12.6 Å². The van der Waals surface area contributed by atoms with Crippen molar-refractivity contribution in [1.29, 1.82) is 0 Å². The van der Waals surface area contributed by atoms with Crippen molar-refractivity contribution in [2.45, 2.75) is 46.8 Å². The molecule has 0 aliphatic rings. The molecule has 1 aromatic rings. The molecule has 1 aromatic carbocycles. The average Bonchev–Trinajstić information content (AvgIpc) is 2.44. The van der Waals surface area contributed by atoms with Crippen LogP contribution in [-0.4, -0.2) is 37.6 Å². The lowest BCUT2D eigenvalue weighted by Gasteiger charge is -2.18. The summed E-state index contributed by atoms with van der Waals surface area (Å²) in [7, 11) is 3.99. The van der Waals surface area contributed by atoms with E-state index in [-0.39, 0.29) is 6.10 Å². The topological polar surface area (TPSA) is 36.9 Å². The summed E-state index contributed by atoms with van der Waals surface area (Å²) in [5.41, 5.74) is 2.33. The Hall–Kier alpha value is -1.71. The third-order valence-electron chi connectivity index (χ3n) is 3.28. The Morgan fingerprint density at radius 1 is 1.33 bits per heavy atom. The van der Waals surface area contributed by atoms with E-state index in [1.807, 2.05) is 19.0 Å². The number of aryl methyl sites for hydroxylation is 1. The van der Waals surface area contributed by atoms with E-state index < -0.39 is 0 Å². The molecule has 1 rings (SSSR count). The number of ether oxygens (including phenoxy) is 1. The molecule has 0 fully saturated rings. The van der Waals surface area contributed by atoms with Gasteiger partial charge in [0.15, 0.2) is 5.96 Å². The molecule has 0 aliphatic heterocycles. The van der Waals surface area contributed by atoms with Crippen LogP contribution in [0.1, 0.15) is 38.3 Å². The molecule has 0 saturated heterocycles. The van der Waals surface area contributed by atoms with Crippen LogP contribution in [0.2, 0.25) is 0 Å². The average molecular weight is 291 g/mol. The van der Waals surface area contributed by atoms with Crippen LogP contribution in [0.15, 0.2) is 23.2 Å². The van der Waals surface area contributed by atoms with Crippen molar-refractivity contribution in [3.8, 4) is 5.75 Å². The molecular formula is C17H29N3O. The van der Waals surface area contributed by atoms with Crippen LogP contribution < -0.4 is 10.1 Å². The molecule has 1 atom stereocenters. The highest BCUT2D eigenvalue weighted by molar-refractivity contribution is 5.79. The second-order valence-electron chi connectivity index (χ2n) is 5.51. The fraction of sp³-hybridized carbons (Fsp3) is 0.588. The van der Waals surface area contributed by atoms with Gasteiger partial charge in [0.25, 0.3) is 0 Å². The second kappa shape index (κ2) is 8.55. The van der Waals surface area contributed by atoms with E-state index >= 15 is 0 Å². The van der Waals surface area contributed by atoms with Gasteiger partial charge in [0, 0.05) is 26.2 Å². The normalized spacial score (nSPS) is 13.0. The molecule has 0 amide bonds. The number of hydrogen-bond acceptors (Lipinski definition) is 2. The Bertz CT molecular complexity index is 469. The molecule has 0 aliphatic carbocycles. The van der Waals surface area contributed by atoms with E-state index in [0.29, 0.717) is 6.54 Å². The van der Waals surface area contributed by atoms with Crippen molar-refractivity contribution in [1.82, 2.24) is 10.2 Å². The van der Waals surface area contributed by atoms with Gasteiger partial charge in [-0.05, 0) is 38.8 Å². The zero-order valence-corrected chi connectivity index (χ0v) is 14.2. The Labute approximate surface area is 129 Å². The van der Waals surface area contributed by atoms with Crippen LogP contribution in [0.4, 0.5) is 0 Å². The van der Waals surface area contributed by atoms with Gasteiger partial charge in [-0.3, -0.25) is 0 Å². The quantitative estimate of drug-likeness (QED) is 0.646. The molecule has 0 spiro atoms. The number of nitrogens with one attached hydrogen (secondary N) is 1. The number of aliphatic imine (C=N–C) groups is 1. The first-order valence-corrected chi connectivity index (χ1v) is 7.69. The molecule has 118 valence electrons. The van der Waals surface area contributed by atoms with E-state index in [1.165, 1.54) is 5.56 Å². The maximum atomic E-state index is 6.02. The molecule has 0 saturated carbocycles. The summed E-state index contributed by atoms with van der Waals surface area (Å²) in [4.78, 5) is 6.65. The third kappa shape index (κ3) is 5.66. The van der Waals surface area contributed by atoms with Crippen LogP contribution in [0, 0.1) is 6.92 Å². The summed E-state index contributed by atoms with van der Waals surface area (Å²) in [6.45, 7) is 9.86. The number of guanidine groups is 1. The molecule has 21 heavy (non-hydrogen) atoms. The predicted octanol–water partition coefficient (Wildman–Crippen LogP) is 3.20. The number of nitrogens with zero attached hydrogens (tertiary/aromatic N) is 2. The molecule has 1 N–H and O–H groups in total. The highest BCUT2D eigenvalue weighted by Gasteiger charge is 2.08. The molecule has 4 nitrogen and oxygen atoms in total. The van der Waals surface area contributed by atoms with E-state index in [4.69, 9.17) is 4.74 Å². The van der Waals surface area contributed by atoms with Crippen molar-refractivity contribution in [2.75, 3.05) is 20.6 Å². The number of rotatable bonds is 6. The lowest BCUT2D eigenvalue weighted by atomic mass is 10.1. The predicted molar refractivity (Wildman–Crippen MR) is 90.1 cm³/mol. The Balaban J connectivity index is 2.93. The molecule has 0 radical (unpaired) electrons. The highest BCUT2D eigenvalue weighted by atomic mass is 16.5. The van der Waals surface area contributed by atoms with Gasteiger partial charge in [-0.25, -0.2) is 4.99 Å². The summed E-state index contributed by atoms with van der Waals surface area (Å²) in [6, 6.07) is 6.31. The van der Waals surface area contributed by atoms with E-state index in [1.54, 1.807) is 0 Å². The molecular weight excluding hydrogens is 262 g/mol. The fourth-order valence-corrected chi connectivity index (χ4v) is 1.88. The minimum atomic E-state index is 0.219. The minimum absolute atomic E-state index is 0.219. The first kappa shape index (κ1) is 17.3. The zero-order chi connectivity index (χ0) is 15.8. The first-order chi connectivity index (χ1) is 9.97. The molecule has 4 heteroatoms. The molecule has 0 bridgehead atoms. The van der Waals surface area contributed by atoms with E-state index in [9.17, 15) is 0 Å². The minimum Gasteiger partial charge on any atom is -0.490 e. The van der Waals surface area contributed by atoms with Gasteiger partial charge in [0.2, 0.25) is 0 Å². The van der Waals surface area contributed by atoms with Gasteiger partial charge < -0.3 is 15.0 Å². The SMILES string of the molecule is CCNC(=NCc1ccc(C)cc1OC(C)CC)N(C)C. The molecule has 0 aromatic heterocycles. The van der Waals surface area contributed by atoms with Crippen molar-refractivity contribution in [3.05, 3.63) is 29.3 Å². The van der Waals surface area contributed by atoms with Gasteiger partial charge in [-0.15, -0.1) is 0 Å². The standard InChI is InChI=1S/C17H29N3O/c1-7-14(4)21-16-11-13(3)9-10-15(16)12-19-17(18-8-2)20(5)6/h9-11,14H,7-8,12H2,1-6H3,(H,18,19). The zero-order valence-electron chi connectivity index (χ0n) is 14.2. The molecule has 0 heterocycles. The summed E-state index contributed by atoms with van der Waals surface area (Å²) < 4.78 is 6.02. The van der Waals surface area contributed by atoms with Crippen molar-refractivity contribution in [3.63, 3.8) is 0 Å². The van der Waals surface area contributed by atoms with Crippen LogP contribution in [0.3, 0.4) is 0 Å². The Morgan fingerprint density at radius 2 is 2.05 bits per heavy atom. The van der Waals surface area contributed by atoms with Gasteiger partial charge in [0.1, 0.15) is 5.75 Å². The first-order valence-electron chi connectivity index (χ1n) is 7.69. The largest absolute Gasteiger partial charge is 0.490 e.